The van der Waals surface area contributed by atoms with Crippen LogP contribution < -0.4 is 10.5 Å². The van der Waals surface area contributed by atoms with E-state index in [9.17, 15) is 13.6 Å². The Balaban J connectivity index is 2.57. The number of hydrogen-bond donors (Lipinski definition) is 1. The van der Waals surface area contributed by atoms with Gasteiger partial charge in [0.05, 0.1) is 6.04 Å². The highest BCUT2D eigenvalue weighted by Crippen LogP contribution is 2.16. The number of likely N-dealkylation sites (N-methyl/N-ethyl adjacent to an activating group) is 1. The van der Waals surface area contributed by atoms with Gasteiger partial charge in [-0.25, -0.2) is 0 Å². The number of alkyl halides is 2. The molecule has 0 aromatic heterocycles. The van der Waals surface area contributed by atoms with E-state index in [1.165, 1.54) is 17.0 Å². The van der Waals surface area contributed by atoms with Crippen LogP contribution in [0.3, 0.4) is 0 Å². The van der Waals surface area contributed by atoms with E-state index in [0.717, 1.165) is 12.0 Å². The van der Waals surface area contributed by atoms with E-state index in [1.54, 1.807) is 19.2 Å². The second-order valence-corrected chi connectivity index (χ2v) is 4.61. The number of amides is 1. The predicted octanol–water partition coefficient (Wildman–Crippen LogP) is 2.37. The molecule has 0 spiro atoms. The van der Waals surface area contributed by atoms with Crippen molar-refractivity contribution in [3.63, 3.8) is 0 Å². The van der Waals surface area contributed by atoms with E-state index in [0.29, 0.717) is 13.0 Å². The van der Waals surface area contributed by atoms with Gasteiger partial charge in [0.1, 0.15) is 5.75 Å². The summed E-state index contributed by atoms with van der Waals surface area (Å²) in [5.74, 6) is -0.0276. The fraction of sp³-hybridized carbons (Fsp3) is 0.500. The van der Waals surface area contributed by atoms with Crippen molar-refractivity contribution < 1.29 is 18.3 Å². The van der Waals surface area contributed by atoms with E-state index in [1.807, 2.05) is 6.92 Å². The highest BCUT2D eigenvalue weighted by atomic mass is 19.3. The average Bonchev–Trinajstić information content (AvgIpc) is 2.39. The van der Waals surface area contributed by atoms with Crippen molar-refractivity contribution in [1.82, 2.24) is 4.90 Å². The number of nitrogens with zero attached hydrogens (tertiary/aromatic N) is 1. The number of ether oxygens (including phenoxy) is 1. The van der Waals surface area contributed by atoms with Crippen molar-refractivity contribution in [1.29, 1.82) is 0 Å². The van der Waals surface area contributed by atoms with E-state index in [-0.39, 0.29) is 11.7 Å². The van der Waals surface area contributed by atoms with Crippen LogP contribution in [0.2, 0.25) is 0 Å². The summed E-state index contributed by atoms with van der Waals surface area (Å²) in [5, 5.41) is 0. The van der Waals surface area contributed by atoms with Crippen molar-refractivity contribution in [2.45, 2.75) is 39.0 Å². The highest BCUT2D eigenvalue weighted by Gasteiger charge is 2.17. The lowest BCUT2D eigenvalue weighted by molar-refractivity contribution is -0.132. The van der Waals surface area contributed by atoms with Gasteiger partial charge in [-0.1, -0.05) is 25.5 Å². The topological polar surface area (TPSA) is 55.6 Å². The zero-order chi connectivity index (χ0) is 15.1. The van der Waals surface area contributed by atoms with Crippen LogP contribution in [-0.2, 0) is 11.3 Å². The predicted molar refractivity (Wildman–Crippen MR) is 72.4 cm³/mol. The van der Waals surface area contributed by atoms with Crippen LogP contribution in [0.5, 0.6) is 5.75 Å². The molecule has 1 amide bonds. The maximum absolute atomic E-state index is 12.0. The van der Waals surface area contributed by atoms with Gasteiger partial charge in [0.2, 0.25) is 5.91 Å². The summed E-state index contributed by atoms with van der Waals surface area (Å²) >= 11 is 0. The van der Waals surface area contributed by atoms with Crippen molar-refractivity contribution in [2.24, 2.45) is 5.73 Å². The monoisotopic (exact) mass is 286 g/mol. The Labute approximate surface area is 117 Å². The Bertz CT molecular complexity index is 424. The van der Waals surface area contributed by atoms with Crippen LogP contribution in [0.25, 0.3) is 0 Å². The fourth-order valence-electron chi connectivity index (χ4n) is 1.85. The van der Waals surface area contributed by atoms with E-state index in [4.69, 9.17) is 5.73 Å². The first-order valence-electron chi connectivity index (χ1n) is 6.48. The zero-order valence-electron chi connectivity index (χ0n) is 11.7. The smallest absolute Gasteiger partial charge is 0.387 e. The van der Waals surface area contributed by atoms with Gasteiger partial charge in [-0.3, -0.25) is 4.79 Å². The fourth-order valence-corrected chi connectivity index (χ4v) is 1.85. The molecule has 0 radical (unpaired) electrons. The molecule has 1 atom stereocenters. The number of hydrogen-bond acceptors (Lipinski definition) is 3. The Morgan fingerprint density at radius 3 is 2.45 bits per heavy atom. The second kappa shape index (κ2) is 7.79. The molecule has 112 valence electrons. The van der Waals surface area contributed by atoms with Crippen molar-refractivity contribution in [3.05, 3.63) is 29.8 Å². The second-order valence-electron chi connectivity index (χ2n) is 4.61. The molecule has 0 saturated heterocycles. The summed E-state index contributed by atoms with van der Waals surface area (Å²) < 4.78 is 28.3. The lowest BCUT2D eigenvalue weighted by atomic mass is 10.1. The molecule has 2 N–H and O–H groups in total. The first-order chi connectivity index (χ1) is 9.43. The standard InChI is InChI=1S/C14H20F2N2O2/c1-3-4-12(17)13(19)18(2)9-10-5-7-11(8-6-10)20-14(15)16/h5-8,12,14H,3-4,9,17H2,1-2H3/t12-/m0/s1. The molecule has 1 rings (SSSR count). The van der Waals surface area contributed by atoms with Gasteiger partial charge in [0.15, 0.2) is 0 Å². The average molecular weight is 286 g/mol. The number of halogens is 2. The van der Waals surface area contributed by atoms with Gasteiger partial charge in [-0.05, 0) is 24.1 Å². The van der Waals surface area contributed by atoms with E-state index >= 15 is 0 Å². The molecule has 1 aromatic carbocycles. The molecule has 0 aliphatic carbocycles. The summed E-state index contributed by atoms with van der Waals surface area (Å²) in [4.78, 5) is 13.5. The van der Waals surface area contributed by atoms with Crippen molar-refractivity contribution in [2.75, 3.05) is 7.05 Å². The van der Waals surface area contributed by atoms with Crippen LogP contribution >= 0.6 is 0 Å². The number of nitrogens with two attached hydrogens (primary N) is 1. The SMILES string of the molecule is CCC[C@H](N)C(=O)N(C)Cc1ccc(OC(F)F)cc1. The minimum absolute atomic E-state index is 0.0976. The maximum Gasteiger partial charge on any atom is 0.387 e. The third kappa shape index (κ3) is 5.13. The molecular formula is C14H20F2N2O2. The molecule has 1 aromatic rings. The van der Waals surface area contributed by atoms with Crippen LogP contribution in [0, 0.1) is 0 Å². The molecule has 0 saturated carbocycles. The summed E-state index contributed by atoms with van der Waals surface area (Å²) in [5.41, 5.74) is 6.59. The summed E-state index contributed by atoms with van der Waals surface area (Å²) in [6, 6.07) is 5.70. The summed E-state index contributed by atoms with van der Waals surface area (Å²) in [6.07, 6.45) is 1.49. The van der Waals surface area contributed by atoms with Gasteiger partial charge >= 0.3 is 6.61 Å². The molecule has 0 aliphatic rings. The van der Waals surface area contributed by atoms with E-state index in [2.05, 4.69) is 4.74 Å². The maximum atomic E-state index is 12.0. The molecule has 0 heterocycles. The molecule has 0 fully saturated rings. The van der Waals surface area contributed by atoms with Crippen molar-refractivity contribution in [3.8, 4) is 5.75 Å². The van der Waals surface area contributed by atoms with Gasteiger partial charge in [-0.15, -0.1) is 0 Å². The molecule has 0 bridgehead atoms. The Morgan fingerprint density at radius 2 is 1.95 bits per heavy atom. The zero-order valence-corrected chi connectivity index (χ0v) is 11.7. The van der Waals surface area contributed by atoms with Gasteiger partial charge in [0.25, 0.3) is 0 Å². The normalized spacial score (nSPS) is 12.3. The quantitative estimate of drug-likeness (QED) is 0.837. The van der Waals surface area contributed by atoms with Gasteiger partial charge in [0, 0.05) is 13.6 Å². The molecule has 4 nitrogen and oxygen atoms in total. The van der Waals surface area contributed by atoms with Crippen LogP contribution in [0.1, 0.15) is 25.3 Å². The van der Waals surface area contributed by atoms with E-state index < -0.39 is 12.7 Å². The van der Waals surface area contributed by atoms with Crippen LogP contribution in [0.4, 0.5) is 8.78 Å². The highest BCUT2D eigenvalue weighted by molar-refractivity contribution is 5.81. The molecule has 0 unspecified atom stereocenters. The molecule has 6 heteroatoms. The third-order valence-electron chi connectivity index (χ3n) is 2.86. The number of rotatable bonds is 7. The lowest BCUT2D eigenvalue weighted by Gasteiger charge is -2.21. The lowest BCUT2D eigenvalue weighted by Crippen LogP contribution is -2.41. The number of benzene rings is 1. The van der Waals surface area contributed by atoms with Crippen LogP contribution in [0.15, 0.2) is 24.3 Å². The Kier molecular flexibility index (Phi) is 6.38. The Hall–Kier alpha value is -1.69. The summed E-state index contributed by atoms with van der Waals surface area (Å²) in [7, 11) is 1.67. The molecule has 20 heavy (non-hydrogen) atoms. The summed E-state index contributed by atoms with van der Waals surface area (Å²) in [6.45, 7) is -0.489. The third-order valence-corrected chi connectivity index (χ3v) is 2.86. The first kappa shape index (κ1) is 16.4. The molecule has 0 aliphatic heterocycles. The number of carbonyl (C=O) groups excluding carboxylic acids is 1. The van der Waals surface area contributed by atoms with Gasteiger partial charge in [-0.2, -0.15) is 8.78 Å². The minimum atomic E-state index is -2.84. The van der Waals surface area contributed by atoms with Gasteiger partial charge < -0.3 is 15.4 Å². The first-order valence-corrected chi connectivity index (χ1v) is 6.48. The van der Waals surface area contributed by atoms with Crippen LogP contribution in [-0.4, -0.2) is 30.5 Å². The number of carbonyl (C=O) groups is 1. The molecular weight excluding hydrogens is 266 g/mol. The largest absolute Gasteiger partial charge is 0.435 e. The Morgan fingerprint density at radius 1 is 1.35 bits per heavy atom. The minimum Gasteiger partial charge on any atom is -0.435 e. The van der Waals surface area contributed by atoms with Crippen molar-refractivity contribution >= 4 is 5.91 Å².